The van der Waals surface area contributed by atoms with E-state index in [0.29, 0.717) is 6.42 Å². The minimum absolute atomic E-state index is 0.239. The number of aliphatic hydroxyl groups excluding tert-OH is 1. The van der Waals surface area contributed by atoms with E-state index in [4.69, 9.17) is 9.84 Å². The third-order valence-corrected chi connectivity index (χ3v) is 3.78. The van der Waals surface area contributed by atoms with Gasteiger partial charge in [-0.3, -0.25) is 4.90 Å². The molecule has 21 heavy (non-hydrogen) atoms. The molecule has 7 nitrogen and oxygen atoms in total. The van der Waals surface area contributed by atoms with E-state index in [-0.39, 0.29) is 12.4 Å². The molecular weight excluding hydrogens is 296 g/mol. The van der Waals surface area contributed by atoms with Crippen molar-refractivity contribution in [2.24, 2.45) is 0 Å². The van der Waals surface area contributed by atoms with E-state index in [2.05, 4.69) is 26.0 Å². The fourth-order valence-corrected chi connectivity index (χ4v) is 2.30. The number of rotatable bonds is 7. The van der Waals surface area contributed by atoms with E-state index < -0.39 is 10.1 Å². The molecule has 1 saturated heterocycles. The summed E-state index contributed by atoms with van der Waals surface area (Å²) in [5.74, 6) is -0.239. The van der Waals surface area contributed by atoms with Crippen LogP contribution in [0.5, 0.6) is 0 Å². The van der Waals surface area contributed by atoms with Gasteiger partial charge >= 0.3 is 0 Å². The molecule has 128 valence electrons. The number of hydrogen-bond acceptors (Lipinski definition) is 6. The van der Waals surface area contributed by atoms with Gasteiger partial charge < -0.3 is 18.9 Å². The Balaban J connectivity index is 0.000000486. The minimum atomic E-state index is -4.02. The maximum absolute atomic E-state index is 10.3. The molecule has 0 atom stereocenters. The number of hydrogen-bond donors (Lipinski definition) is 1. The zero-order valence-electron chi connectivity index (χ0n) is 13.5. The monoisotopic (exact) mass is 326 g/mol. The second kappa shape index (κ2) is 10.5. The van der Waals surface area contributed by atoms with Crippen molar-refractivity contribution < 1.29 is 27.3 Å². The highest BCUT2D eigenvalue weighted by atomic mass is 32.2. The first-order valence-corrected chi connectivity index (χ1v) is 8.87. The molecule has 0 aromatic rings. The number of morpholine rings is 1. The third-order valence-electron chi connectivity index (χ3n) is 2.99. The molecule has 1 aliphatic rings. The topological polar surface area (TPSA) is 89.9 Å². The normalized spacial score (nSPS) is 17.2. The molecule has 0 saturated carbocycles. The number of quaternary nitrogens is 1. The van der Waals surface area contributed by atoms with Crippen molar-refractivity contribution in [2.45, 2.75) is 12.8 Å². The summed E-state index contributed by atoms with van der Waals surface area (Å²) in [6, 6.07) is 0. The molecule has 0 radical (unpaired) electrons. The Hall–Kier alpha value is -0.250. The zero-order valence-corrected chi connectivity index (χ0v) is 14.3. The molecule has 1 N–H and O–H groups in total. The fraction of sp³-hybridized carbons (Fsp3) is 1.00. The van der Waals surface area contributed by atoms with E-state index in [1.165, 1.54) is 0 Å². The maximum atomic E-state index is 10.3. The average Bonchev–Trinajstić information content (AvgIpc) is 2.34. The van der Waals surface area contributed by atoms with Crippen LogP contribution in [0.25, 0.3) is 0 Å². The Morgan fingerprint density at radius 1 is 1.19 bits per heavy atom. The lowest BCUT2D eigenvalue weighted by Gasteiger charge is -2.26. The first-order chi connectivity index (χ1) is 9.64. The second-order valence-electron chi connectivity index (χ2n) is 6.16. The van der Waals surface area contributed by atoms with Crippen LogP contribution in [0.2, 0.25) is 0 Å². The van der Waals surface area contributed by atoms with Gasteiger partial charge in [-0.1, -0.05) is 0 Å². The first-order valence-electron chi connectivity index (χ1n) is 7.29. The van der Waals surface area contributed by atoms with Crippen molar-refractivity contribution in [3.05, 3.63) is 0 Å². The summed E-state index contributed by atoms with van der Waals surface area (Å²) in [6.07, 6.45) is 1.23. The van der Waals surface area contributed by atoms with Crippen LogP contribution in [0.15, 0.2) is 0 Å². The van der Waals surface area contributed by atoms with E-state index in [0.717, 1.165) is 50.3 Å². The van der Waals surface area contributed by atoms with Crippen LogP contribution >= 0.6 is 0 Å². The Kier molecular flexibility index (Phi) is 10.3. The molecule has 1 aliphatic heterocycles. The predicted octanol–water partition coefficient (Wildman–Crippen LogP) is -0.671. The van der Waals surface area contributed by atoms with Gasteiger partial charge in [0.1, 0.15) is 6.54 Å². The maximum Gasteiger partial charge on any atom is 0.101 e. The summed E-state index contributed by atoms with van der Waals surface area (Å²) < 4.78 is 36.9. The molecule has 1 fully saturated rings. The Bertz CT molecular complexity index is 348. The van der Waals surface area contributed by atoms with Gasteiger partial charge in [0, 0.05) is 18.8 Å². The van der Waals surface area contributed by atoms with Gasteiger partial charge in [0.05, 0.1) is 51.1 Å². The van der Waals surface area contributed by atoms with Gasteiger partial charge in [-0.05, 0) is 19.4 Å². The fourth-order valence-electron chi connectivity index (χ4n) is 1.74. The Morgan fingerprint density at radius 3 is 2.14 bits per heavy atom. The minimum Gasteiger partial charge on any atom is -0.748 e. The summed E-state index contributed by atoms with van der Waals surface area (Å²) in [7, 11) is 2.14. The standard InChI is InChI=1S/C8H17NO4S.C5H14NO/c10-14(11,12)8-2-1-3-9-4-6-13-7-5-9;1-6(2,3)4-5-7/h1-8H2,(H,10,11,12);7H,4-5H2,1-3H3/q;+1/p-1. The summed E-state index contributed by atoms with van der Waals surface area (Å²) in [4.78, 5) is 2.22. The van der Waals surface area contributed by atoms with Crippen LogP contribution in [0.3, 0.4) is 0 Å². The second-order valence-corrected chi connectivity index (χ2v) is 7.68. The van der Waals surface area contributed by atoms with Crippen molar-refractivity contribution in [3.8, 4) is 0 Å². The summed E-state index contributed by atoms with van der Waals surface area (Å²) in [6.45, 7) is 5.29. The highest BCUT2D eigenvalue weighted by molar-refractivity contribution is 7.85. The zero-order chi connectivity index (χ0) is 16.4. The largest absolute Gasteiger partial charge is 0.748 e. The third kappa shape index (κ3) is 16.0. The van der Waals surface area contributed by atoms with E-state index in [1.807, 2.05) is 0 Å². The first kappa shape index (κ1) is 20.8. The van der Waals surface area contributed by atoms with Crippen molar-refractivity contribution in [2.75, 3.05) is 72.9 Å². The van der Waals surface area contributed by atoms with E-state index in [1.54, 1.807) is 0 Å². The van der Waals surface area contributed by atoms with Crippen molar-refractivity contribution in [3.63, 3.8) is 0 Å². The molecule has 0 spiro atoms. The van der Waals surface area contributed by atoms with Gasteiger partial charge in [-0.25, -0.2) is 8.42 Å². The summed E-state index contributed by atoms with van der Waals surface area (Å²) in [5, 5.41) is 8.39. The Labute approximate surface area is 128 Å². The number of ether oxygens (including phenoxy) is 1. The van der Waals surface area contributed by atoms with Gasteiger partial charge in [0.25, 0.3) is 0 Å². The predicted molar refractivity (Wildman–Crippen MR) is 81.0 cm³/mol. The Morgan fingerprint density at radius 2 is 1.76 bits per heavy atom. The molecule has 1 rings (SSSR count). The molecule has 0 bridgehead atoms. The highest BCUT2D eigenvalue weighted by Gasteiger charge is 2.09. The van der Waals surface area contributed by atoms with Crippen LogP contribution < -0.4 is 0 Å². The van der Waals surface area contributed by atoms with Crippen molar-refractivity contribution in [1.29, 1.82) is 0 Å². The molecule has 1 heterocycles. The van der Waals surface area contributed by atoms with Crippen molar-refractivity contribution in [1.82, 2.24) is 4.90 Å². The van der Waals surface area contributed by atoms with Gasteiger partial charge in [-0.2, -0.15) is 0 Å². The highest BCUT2D eigenvalue weighted by Crippen LogP contribution is 2.01. The summed E-state index contributed by atoms with van der Waals surface area (Å²) >= 11 is 0. The van der Waals surface area contributed by atoms with E-state index >= 15 is 0 Å². The van der Waals surface area contributed by atoms with Crippen LogP contribution in [0, 0.1) is 0 Å². The van der Waals surface area contributed by atoms with Crippen LogP contribution in [-0.2, 0) is 14.9 Å². The number of aliphatic hydroxyl groups is 1. The lowest BCUT2D eigenvalue weighted by molar-refractivity contribution is -0.870. The number of nitrogens with zero attached hydrogens (tertiary/aromatic N) is 2. The van der Waals surface area contributed by atoms with Crippen LogP contribution in [0.1, 0.15) is 12.8 Å². The molecular formula is C13H30N2O5S. The molecule has 8 heteroatoms. The molecule has 0 unspecified atom stereocenters. The number of likely N-dealkylation sites (N-methyl/N-ethyl adjacent to an activating group) is 1. The average molecular weight is 326 g/mol. The smallest absolute Gasteiger partial charge is 0.101 e. The van der Waals surface area contributed by atoms with Crippen LogP contribution in [0.4, 0.5) is 0 Å². The van der Waals surface area contributed by atoms with Gasteiger partial charge in [0.2, 0.25) is 0 Å². The molecule has 0 aromatic carbocycles. The molecule has 0 amide bonds. The van der Waals surface area contributed by atoms with E-state index in [9.17, 15) is 13.0 Å². The quantitative estimate of drug-likeness (QED) is 0.379. The molecule has 0 aromatic heterocycles. The molecule has 0 aliphatic carbocycles. The van der Waals surface area contributed by atoms with Gasteiger partial charge in [0.15, 0.2) is 0 Å². The SMILES string of the molecule is C[N+](C)(C)CCO.O=S(=O)([O-])CCCCN1CCOCC1. The summed E-state index contributed by atoms with van der Waals surface area (Å²) in [5.41, 5.74) is 0. The van der Waals surface area contributed by atoms with Gasteiger partial charge in [-0.15, -0.1) is 0 Å². The lowest BCUT2D eigenvalue weighted by Crippen LogP contribution is -2.36. The van der Waals surface area contributed by atoms with Crippen molar-refractivity contribution >= 4 is 10.1 Å². The lowest BCUT2D eigenvalue weighted by atomic mass is 10.3. The van der Waals surface area contributed by atoms with Crippen LogP contribution in [-0.4, -0.2) is 100 Å². The number of unbranched alkanes of at least 4 members (excludes halogenated alkanes) is 1.